The summed E-state index contributed by atoms with van der Waals surface area (Å²) in [6.07, 6.45) is 3.19. The van der Waals surface area contributed by atoms with E-state index in [1.54, 1.807) is 37.6 Å². The van der Waals surface area contributed by atoms with Crippen LogP contribution in [0.2, 0.25) is 0 Å². The molecule has 0 saturated heterocycles. The average Bonchev–Trinajstić information content (AvgIpc) is 2.95. The van der Waals surface area contributed by atoms with Gasteiger partial charge in [-0.2, -0.15) is 5.10 Å². The van der Waals surface area contributed by atoms with Crippen LogP contribution < -0.4 is 24.4 Å². The number of nitrogens with one attached hydrogen (secondary N) is 1. The van der Waals surface area contributed by atoms with Gasteiger partial charge in [0.1, 0.15) is 13.2 Å². The molecule has 38 heavy (non-hydrogen) atoms. The summed E-state index contributed by atoms with van der Waals surface area (Å²) in [6, 6.07) is 23.0. The van der Waals surface area contributed by atoms with E-state index in [9.17, 15) is 4.79 Å². The fourth-order valence-electron chi connectivity index (χ4n) is 3.83. The molecule has 0 aliphatic rings. The Labute approximate surface area is 235 Å². The second-order valence-electron chi connectivity index (χ2n) is 8.13. The zero-order chi connectivity index (χ0) is 26.9. The van der Waals surface area contributed by atoms with Crippen LogP contribution in [0, 0.1) is 3.57 Å². The Balaban J connectivity index is 1.44. The smallest absolute Gasteiger partial charge is 0.271 e. The minimum absolute atomic E-state index is 0.335. The quantitative estimate of drug-likeness (QED) is 0.0911. The van der Waals surface area contributed by atoms with Gasteiger partial charge in [0.25, 0.3) is 5.91 Å². The van der Waals surface area contributed by atoms with Crippen molar-refractivity contribution in [3.05, 3.63) is 106 Å². The summed E-state index contributed by atoms with van der Waals surface area (Å²) in [4.78, 5) is 12.6. The fourth-order valence-corrected chi connectivity index (χ4v) is 4.61. The molecule has 0 spiro atoms. The molecule has 4 aromatic carbocycles. The van der Waals surface area contributed by atoms with Crippen molar-refractivity contribution < 1.29 is 23.7 Å². The molecule has 0 fully saturated rings. The van der Waals surface area contributed by atoms with Crippen LogP contribution in [0.5, 0.6) is 23.0 Å². The third-order valence-electron chi connectivity index (χ3n) is 5.67. The van der Waals surface area contributed by atoms with Crippen molar-refractivity contribution >= 4 is 45.5 Å². The summed E-state index contributed by atoms with van der Waals surface area (Å²) in [5.41, 5.74) is 4.76. The zero-order valence-corrected chi connectivity index (χ0v) is 23.2. The predicted octanol–water partition coefficient (Wildman–Crippen LogP) is 6.37. The summed E-state index contributed by atoms with van der Waals surface area (Å²) >= 11 is 2.20. The second kappa shape index (κ2) is 13.0. The molecule has 0 radical (unpaired) electrons. The zero-order valence-electron chi connectivity index (χ0n) is 21.1. The number of amides is 1. The highest BCUT2D eigenvalue weighted by atomic mass is 127. The molecular weight excluding hydrogens is 595 g/mol. The van der Waals surface area contributed by atoms with Crippen molar-refractivity contribution in [2.45, 2.75) is 6.61 Å². The van der Waals surface area contributed by atoms with E-state index < -0.39 is 0 Å². The van der Waals surface area contributed by atoms with Crippen molar-refractivity contribution in [3.8, 4) is 23.0 Å². The van der Waals surface area contributed by atoms with E-state index in [-0.39, 0.29) is 5.91 Å². The molecule has 0 saturated carbocycles. The number of rotatable bonds is 11. The predicted molar refractivity (Wildman–Crippen MR) is 158 cm³/mol. The van der Waals surface area contributed by atoms with Crippen molar-refractivity contribution in [2.75, 3.05) is 20.8 Å². The first-order valence-corrected chi connectivity index (χ1v) is 12.8. The third-order valence-corrected chi connectivity index (χ3v) is 6.47. The van der Waals surface area contributed by atoms with E-state index in [2.05, 4.69) is 64.0 Å². The number of methoxy groups -OCH3 is 2. The molecule has 8 heteroatoms. The van der Waals surface area contributed by atoms with Gasteiger partial charge in [-0.1, -0.05) is 55.1 Å². The van der Waals surface area contributed by atoms with E-state index in [1.165, 1.54) is 12.5 Å². The number of hydrogen-bond acceptors (Lipinski definition) is 6. The number of halogens is 1. The lowest BCUT2D eigenvalue weighted by molar-refractivity contribution is 0.0954. The van der Waals surface area contributed by atoms with Crippen LogP contribution in [0.3, 0.4) is 0 Å². The molecule has 1 amide bonds. The maximum absolute atomic E-state index is 12.6. The number of carbonyl (C=O) groups is 1. The molecule has 0 heterocycles. The molecule has 194 valence electrons. The second-order valence-corrected chi connectivity index (χ2v) is 9.29. The van der Waals surface area contributed by atoms with E-state index in [0.717, 1.165) is 20.1 Å². The summed E-state index contributed by atoms with van der Waals surface area (Å²) in [5.74, 6) is 1.81. The minimum atomic E-state index is -0.383. The first kappa shape index (κ1) is 27.0. The number of hydrazone groups is 1. The lowest BCUT2D eigenvalue weighted by atomic mass is 10.1. The highest BCUT2D eigenvalue weighted by Gasteiger charge is 2.13. The van der Waals surface area contributed by atoms with Gasteiger partial charge in [0, 0.05) is 5.56 Å². The average molecular weight is 622 g/mol. The summed E-state index contributed by atoms with van der Waals surface area (Å²) in [5, 5.41) is 6.43. The number of hydrogen-bond donors (Lipinski definition) is 1. The van der Waals surface area contributed by atoms with Crippen LogP contribution >= 0.6 is 22.6 Å². The monoisotopic (exact) mass is 622 g/mol. The normalized spacial score (nSPS) is 10.8. The van der Waals surface area contributed by atoms with Crippen LogP contribution in [0.1, 0.15) is 21.5 Å². The minimum Gasteiger partial charge on any atom is -0.493 e. The highest BCUT2D eigenvalue weighted by molar-refractivity contribution is 14.1. The molecule has 4 aromatic rings. The van der Waals surface area contributed by atoms with Crippen molar-refractivity contribution in [1.82, 2.24) is 5.43 Å². The standard InChI is InChI=1S/C30H27IN2O5/c1-4-14-37-26-13-12-22(17-27(26)35-2)30(34)33-32-18-20-15-25(31)29(28(16-20)36-3)38-19-23-10-7-9-21-8-5-6-11-24(21)23/h4-13,15-18H,1,14,19H2,2-3H3,(H,33,34)/b32-18+. The van der Waals surface area contributed by atoms with Gasteiger partial charge in [0.05, 0.1) is 24.0 Å². The van der Waals surface area contributed by atoms with Gasteiger partial charge in [-0.25, -0.2) is 5.43 Å². The van der Waals surface area contributed by atoms with Crippen molar-refractivity contribution in [3.63, 3.8) is 0 Å². The van der Waals surface area contributed by atoms with Crippen molar-refractivity contribution in [1.29, 1.82) is 0 Å². The third kappa shape index (κ3) is 6.44. The van der Waals surface area contributed by atoms with Crippen LogP contribution in [-0.4, -0.2) is 32.9 Å². The Bertz CT molecular complexity index is 1480. The Morgan fingerprint density at radius 2 is 1.74 bits per heavy atom. The Morgan fingerprint density at radius 1 is 0.947 bits per heavy atom. The van der Waals surface area contributed by atoms with Gasteiger partial charge in [-0.3, -0.25) is 4.79 Å². The molecule has 0 aliphatic heterocycles. The highest BCUT2D eigenvalue weighted by Crippen LogP contribution is 2.35. The Hall–Kier alpha value is -4.05. The molecule has 0 unspecified atom stereocenters. The van der Waals surface area contributed by atoms with E-state index in [1.807, 2.05) is 30.3 Å². The maximum Gasteiger partial charge on any atom is 0.271 e. The van der Waals surface area contributed by atoms with Gasteiger partial charge in [0.2, 0.25) is 0 Å². The van der Waals surface area contributed by atoms with Gasteiger partial charge < -0.3 is 18.9 Å². The maximum atomic E-state index is 12.6. The van der Waals surface area contributed by atoms with Gasteiger partial charge in [0.15, 0.2) is 23.0 Å². The van der Waals surface area contributed by atoms with Gasteiger partial charge in [-0.05, 0) is 74.8 Å². The van der Waals surface area contributed by atoms with Gasteiger partial charge in [-0.15, -0.1) is 0 Å². The molecule has 0 bridgehead atoms. The number of carbonyl (C=O) groups excluding carboxylic acids is 1. The van der Waals surface area contributed by atoms with E-state index >= 15 is 0 Å². The lowest BCUT2D eigenvalue weighted by Gasteiger charge is -2.14. The topological polar surface area (TPSA) is 78.4 Å². The van der Waals surface area contributed by atoms with Crippen LogP contribution in [0.25, 0.3) is 10.8 Å². The number of fused-ring (bicyclic) bond motifs is 1. The molecule has 0 atom stereocenters. The molecule has 1 N–H and O–H groups in total. The largest absolute Gasteiger partial charge is 0.493 e. The number of nitrogens with zero attached hydrogens (tertiary/aromatic N) is 1. The van der Waals surface area contributed by atoms with Crippen LogP contribution in [0.15, 0.2) is 90.6 Å². The molecule has 0 aromatic heterocycles. The fraction of sp³-hybridized carbons (Fsp3) is 0.133. The van der Waals surface area contributed by atoms with Gasteiger partial charge >= 0.3 is 0 Å². The molecule has 4 rings (SSSR count). The Morgan fingerprint density at radius 3 is 2.53 bits per heavy atom. The van der Waals surface area contributed by atoms with Crippen LogP contribution in [0.4, 0.5) is 0 Å². The van der Waals surface area contributed by atoms with Crippen molar-refractivity contribution in [2.24, 2.45) is 5.10 Å². The molecule has 0 aliphatic carbocycles. The summed E-state index contributed by atoms with van der Waals surface area (Å²) in [6.45, 7) is 4.36. The van der Waals surface area contributed by atoms with E-state index in [4.69, 9.17) is 18.9 Å². The number of ether oxygens (including phenoxy) is 4. The summed E-state index contributed by atoms with van der Waals surface area (Å²) < 4.78 is 23.5. The Kier molecular flexibility index (Phi) is 9.21. The first-order chi connectivity index (χ1) is 18.5. The summed E-state index contributed by atoms with van der Waals surface area (Å²) in [7, 11) is 3.11. The molecular formula is C30H27IN2O5. The van der Waals surface area contributed by atoms with E-state index in [0.29, 0.717) is 41.8 Å². The van der Waals surface area contributed by atoms with Crippen LogP contribution in [-0.2, 0) is 6.61 Å². The lowest BCUT2D eigenvalue weighted by Crippen LogP contribution is -2.17. The first-order valence-electron chi connectivity index (χ1n) is 11.8. The molecule has 7 nitrogen and oxygen atoms in total. The SMILES string of the molecule is C=CCOc1ccc(C(=O)N/N=C/c2cc(I)c(OCc3cccc4ccccc34)c(OC)c2)cc1OC. The number of benzene rings is 4.